The number of hydrogen-bond acceptors (Lipinski definition) is 2. The summed E-state index contributed by atoms with van der Waals surface area (Å²) in [5.74, 6) is 0.369. The number of hydrogen-bond donors (Lipinski definition) is 2. The SMILES string of the molecule is O=C(NCC1(c2ccccc2)CC1)N1CCC(CO)CC1. The first-order chi connectivity index (χ1) is 10.2. The molecule has 1 aliphatic carbocycles. The second-order valence-electron chi connectivity index (χ2n) is 6.42. The second kappa shape index (κ2) is 6.06. The number of aliphatic hydroxyl groups is 1. The van der Waals surface area contributed by atoms with Crippen LogP contribution in [-0.2, 0) is 5.41 Å². The Morgan fingerprint density at radius 2 is 1.90 bits per heavy atom. The van der Waals surface area contributed by atoms with Crippen LogP contribution in [0.25, 0.3) is 0 Å². The van der Waals surface area contributed by atoms with Gasteiger partial charge in [-0.2, -0.15) is 0 Å². The van der Waals surface area contributed by atoms with Gasteiger partial charge in [-0.25, -0.2) is 4.79 Å². The summed E-state index contributed by atoms with van der Waals surface area (Å²) in [5.41, 5.74) is 1.50. The van der Waals surface area contributed by atoms with Crippen molar-refractivity contribution in [2.45, 2.75) is 31.1 Å². The first-order valence-electron chi connectivity index (χ1n) is 7.93. The predicted molar refractivity (Wildman–Crippen MR) is 82.1 cm³/mol. The van der Waals surface area contributed by atoms with Crippen LogP contribution in [0, 0.1) is 5.92 Å². The Morgan fingerprint density at radius 3 is 2.48 bits per heavy atom. The molecule has 1 saturated carbocycles. The predicted octanol–water partition coefficient (Wildman–Crippen LogP) is 2.13. The highest BCUT2D eigenvalue weighted by molar-refractivity contribution is 5.74. The number of benzene rings is 1. The first kappa shape index (κ1) is 14.4. The highest BCUT2D eigenvalue weighted by atomic mass is 16.3. The molecule has 0 bridgehead atoms. The quantitative estimate of drug-likeness (QED) is 0.892. The minimum atomic E-state index is 0.0496. The molecule has 0 spiro atoms. The maximum Gasteiger partial charge on any atom is 0.317 e. The summed E-state index contributed by atoms with van der Waals surface area (Å²) in [6.07, 6.45) is 4.13. The molecule has 0 atom stereocenters. The Kier molecular flexibility index (Phi) is 4.15. The van der Waals surface area contributed by atoms with Gasteiger partial charge in [0.1, 0.15) is 0 Å². The molecule has 114 valence electrons. The molecular formula is C17H24N2O2. The molecule has 21 heavy (non-hydrogen) atoms. The van der Waals surface area contributed by atoms with E-state index in [1.807, 2.05) is 11.0 Å². The fourth-order valence-electron chi connectivity index (χ4n) is 3.19. The number of carbonyl (C=O) groups excluding carboxylic acids is 1. The molecule has 2 fully saturated rings. The molecule has 4 nitrogen and oxygen atoms in total. The van der Waals surface area contributed by atoms with Crippen molar-refractivity contribution in [3.8, 4) is 0 Å². The van der Waals surface area contributed by atoms with E-state index < -0.39 is 0 Å². The van der Waals surface area contributed by atoms with Crippen LogP contribution >= 0.6 is 0 Å². The van der Waals surface area contributed by atoms with Gasteiger partial charge in [-0.3, -0.25) is 0 Å². The molecule has 1 heterocycles. The minimum Gasteiger partial charge on any atom is -0.396 e. The van der Waals surface area contributed by atoms with Crippen molar-refractivity contribution in [2.24, 2.45) is 5.92 Å². The van der Waals surface area contributed by atoms with Crippen molar-refractivity contribution < 1.29 is 9.90 Å². The van der Waals surface area contributed by atoms with Gasteiger partial charge in [-0.15, -0.1) is 0 Å². The standard InChI is InChI=1S/C17H24N2O2/c20-12-14-6-10-19(11-7-14)16(21)18-13-17(8-9-17)15-4-2-1-3-5-15/h1-5,14,20H,6-13H2,(H,18,21). The van der Waals surface area contributed by atoms with Crippen LogP contribution in [0.15, 0.2) is 30.3 Å². The van der Waals surface area contributed by atoms with Gasteiger partial charge < -0.3 is 15.3 Å². The van der Waals surface area contributed by atoms with Crippen LogP contribution in [0.3, 0.4) is 0 Å². The Labute approximate surface area is 126 Å². The van der Waals surface area contributed by atoms with Crippen LogP contribution in [0.4, 0.5) is 4.79 Å². The highest BCUT2D eigenvalue weighted by Crippen LogP contribution is 2.47. The van der Waals surface area contributed by atoms with E-state index in [0.29, 0.717) is 5.92 Å². The molecule has 2 amide bonds. The van der Waals surface area contributed by atoms with E-state index in [4.69, 9.17) is 5.11 Å². The van der Waals surface area contributed by atoms with Crippen LogP contribution in [0.5, 0.6) is 0 Å². The van der Waals surface area contributed by atoms with E-state index in [1.54, 1.807) is 0 Å². The van der Waals surface area contributed by atoms with Gasteiger partial charge in [0, 0.05) is 31.7 Å². The lowest BCUT2D eigenvalue weighted by Gasteiger charge is -2.31. The number of urea groups is 1. The molecule has 1 aliphatic heterocycles. The number of nitrogens with zero attached hydrogens (tertiary/aromatic N) is 1. The van der Waals surface area contributed by atoms with Gasteiger partial charge in [0.05, 0.1) is 0 Å². The van der Waals surface area contributed by atoms with E-state index in [0.717, 1.165) is 45.3 Å². The van der Waals surface area contributed by atoms with Crippen LogP contribution in [0.2, 0.25) is 0 Å². The fraction of sp³-hybridized carbons (Fsp3) is 0.588. The summed E-state index contributed by atoms with van der Waals surface area (Å²) in [6.45, 7) is 2.49. The van der Waals surface area contributed by atoms with Gasteiger partial charge >= 0.3 is 6.03 Å². The molecule has 0 aromatic heterocycles. The third-order valence-electron chi connectivity index (χ3n) is 4.98. The van der Waals surface area contributed by atoms with Crippen molar-refractivity contribution in [3.63, 3.8) is 0 Å². The Balaban J connectivity index is 1.50. The number of rotatable bonds is 4. The number of aliphatic hydroxyl groups excluding tert-OH is 1. The molecule has 2 aliphatic rings. The third kappa shape index (κ3) is 3.21. The molecule has 0 unspecified atom stereocenters. The lowest BCUT2D eigenvalue weighted by Crippen LogP contribution is -2.46. The summed E-state index contributed by atoms with van der Waals surface area (Å²) in [5, 5.41) is 12.3. The summed E-state index contributed by atoms with van der Waals surface area (Å²) in [6, 6.07) is 10.5. The van der Waals surface area contributed by atoms with E-state index in [2.05, 4.69) is 29.6 Å². The fourth-order valence-corrected chi connectivity index (χ4v) is 3.19. The molecule has 1 aromatic rings. The van der Waals surface area contributed by atoms with Crippen molar-refractivity contribution in [1.82, 2.24) is 10.2 Å². The smallest absolute Gasteiger partial charge is 0.317 e. The van der Waals surface area contributed by atoms with Crippen molar-refractivity contribution in [1.29, 1.82) is 0 Å². The maximum atomic E-state index is 12.3. The summed E-state index contributed by atoms with van der Waals surface area (Å²) < 4.78 is 0. The number of likely N-dealkylation sites (tertiary alicyclic amines) is 1. The number of amides is 2. The Bertz CT molecular complexity index is 477. The first-order valence-corrected chi connectivity index (χ1v) is 7.93. The third-order valence-corrected chi connectivity index (χ3v) is 4.98. The zero-order valence-corrected chi connectivity index (χ0v) is 12.4. The molecule has 2 N–H and O–H groups in total. The van der Waals surface area contributed by atoms with Crippen molar-refractivity contribution >= 4 is 6.03 Å². The molecule has 4 heteroatoms. The van der Waals surface area contributed by atoms with Gasteiger partial charge in [0.25, 0.3) is 0 Å². The Hall–Kier alpha value is -1.55. The molecule has 1 saturated heterocycles. The van der Waals surface area contributed by atoms with Gasteiger partial charge in [-0.05, 0) is 37.2 Å². The average molecular weight is 288 g/mol. The summed E-state index contributed by atoms with van der Waals surface area (Å²) in [7, 11) is 0. The number of carbonyl (C=O) groups is 1. The summed E-state index contributed by atoms with van der Waals surface area (Å²) in [4.78, 5) is 14.1. The number of nitrogens with one attached hydrogen (secondary N) is 1. The topological polar surface area (TPSA) is 52.6 Å². The highest BCUT2D eigenvalue weighted by Gasteiger charge is 2.44. The zero-order valence-electron chi connectivity index (χ0n) is 12.4. The van der Waals surface area contributed by atoms with E-state index in [-0.39, 0.29) is 18.1 Å². The molecule has 0 radical (unpaired) electrons. The van der Waals surface area contributed by atoms with Gasteiger partial charge in [0.15, 0.2) is 0 Å². The van der Waals surface area contributed by atoms with Crippen molar-refractivity contribution in [2.75, 3.05) is 26.2 Å². The van der Waals surface area contributed by atoms with Crippen LogP contribution in [0.1, 0.15) is 31.2 Å². The minimum absolute atomic E-state index is 0.0496. The monoisotopic (exact) mass is 288 g/mol. The number of piperidine rings is 1. The van der Waals surface area contributed by atoms with E-state index in [9.17, 15) is 4.79 Å². The zero-order chi connectivity index (χ0) is 14.7. The van der Waals surface area contributed by atoms with Gasteiger partial charge in [-0.1, -0.05) is 30.3 Å². The summed E-state index contributed by atoms with van der Waals surface area (Å²) >= 11 is 0. The molecule has 3 rings (SSSR count). The van der Waals surface area contributed by atoms with E-state index >= 15 is 0 Å². The second-order valence-corrected chi connectivity index (χ2v) is 6.42. The van der Waals surface area contributed by atoms with E-state index in [1.165, 1.54) is 5.56 Å². The van der Waals surface area contributed by atoms with Crippen LogP contribution < -0.4 is 5.32 Å². The Morgan fingerprint density at radius 1 is 1.24 bits per heavy atom. The van der Waals surface area contributed by atoms with Crippen LogP contribution in [-0.4, -0.2) is 42.3 Å². The lowest BCUT2D eigenvalue weighted by atomic mass is 9.96. The van der Waals surface area contributed by atoms with Crippen molar-refractivity contribution in [3.05, 3.63) is 35.9 Å². The lowest BCUT2D eigenvalue weighted by molar-refractivity contribution is 0.137. The normalized spacial score (nSPS) is 21.1. The molecular weight excluding hydrogens is 264 g/mol. The van der Waals surface area contributed by atoms with Gasteiger partial charge in [0.2, 0.25) is 0 Å². The average Bonchev–Trinajstić information content (AvgIpc) is 3.35. The maximum absolute atomic E-state index is 12.3. The largest absolute Gasteiger partial charge is 0.396 e. The molecule has 1 aromatic carbocycles.